The first-order valence-electron chi connectivity index (χ1n) is 7.60. The maximum Gasteiger partial charge on any atom is 0.133 e. The highest BCUT2D eigenvalue weighted by molar-refractivity contribution is 9.10. The van der Waals surface area contributed by atoms with E-state index in [2.05, 4.69) is 60.2 Å². The Morgan fingerprint density at radius 3 is 2.75 bits per heavy atom. The number of hydrogen-bond acceptors (Lipinski definition) is 2. The van der Waals surface area contributed by atoms with E-state index in [-0.39, 0.29) is 5.41 Å². The van der Waals surface area contributed by atoms with Crippen LogP contribution in [-0.4, -0.2) is 19.7 Å². The van der Waals surface area contributed by atoms with Gasteiger partial charge in [-0.25, -0.2) is 0 Å². The first-order valence-corrected chi connectivity index (χ1v) is 8.39. The molecule has 112 valence electrons. The van der Waals surface area contributed by atoms with E-state index in [1.54, 1.807) is 0 Å². The largest absolute Gasteiger partial charge is 0.492 e. The number of nitrogens with one attached hydrogen (secondary N) is 1. The van der Waals surface area contributed by atoms with Gasteiger partial charge in [-0.05, 0) is 77.3 Å². The van der Waals surface area contributed by atoms with Gasteiger partial charge in [0.2, 0.25) is 0 Å². The van der Waals surface area contributed by atoms with Crippen molar-refractivity contribution >= 4 is 15.9 Å². The maximum absolute atomic E-state index is 5.93. The fourth-order valence-corrected chi connectivity index (χ4v) is 3.08. The summed E-state index contributed by atoms with van der Waals surface area (Å²) in [6.45, 7) is 9.81. The second kappa shape index (κ2) is 6.95. The van der Waals surface area contributed by atoms with Crippen LogP contribution < -0.4 is 10.1 Å². The summed E-state index contributed by atoms with van der Waals surface area (Å²) in [6, 6.07) is 6.43. The summed E-state index contributed by atoms with van der Waals surface area (Å²) < 4.78 is 6.99. The smallest absolute Gasteiger partial charge is 0.133 e. The van der Waals surface area contributed by atoms with E-state index in [9.17, 15) is 0 Å². The van der Waals surface area contributed by atoms with Crippen LogP contribution in [-0.2, 0) is 5.41 Å². The molecule has 0 aromatic heterocycles. The molecule has 1 fully saturated rings. The molecule has 20 heavy (non-hydrogen) atoms. The van der Waals surface area contributed by atoms with Crippen LogP contribution in [0.5, 0.6) is 5.75 Å². The number of hydrogen-bond donors (Lipinski definition) is 1. The van der Waals surface area contributed by atoms with Gasteiger partial charge in [-0.3, -0.25) is 0 Å². The van der Waals surface area contributed by atoms with Crippen molar-refractivity contribution in [1.29, 1.82) is 0 Å². The number of benzene rings is 1. The van der Waals surface area contributed by atoms with Gasteiger partial charge in [0.1, 0.15) is 5.75 Å². The van der Waals surface area contributed by atoms with Crippen molar-refractivity contribution < 1.29 is 4.74 Å². The van der Waals surface area contributed by atoms with E-state index < -0.39 is 0 Å². The second-order valence-electron chi connectivity index (χ2n) is 6.74. The molecule has 2 rings (SSSR count). The molecule has 0 saturated carbocycles. The van der Waals surface area contributed by atoms with Gasteiger partial charge in [0.25, 0.3) is 0 Å². The average molecular weight is 340 g/mol. The van der Waals surface area contributed by atoms with E-state index >= 15 is 0 Å². The lowest BCUT2D eigenvalue weighted by atomic mass is 9.87. The monoisotopic (exact) mass is 339 g/mol. The van der Waals surface area contributed by atoms with Crippen molar-refractivity contribution in [2.45, 2.75) is 45.4 Å². The van der Waals surface area contributed by atoms with Crippen LogP contribution in [0.3, 0.4) is 0 Å². The van der Waals surface area contributed by atoms with Gasteiger partial charge < -0.3 is 10.1 Å². The Hall–Kier alpha value is -0.540. The average Bonchev–Trinajstić information content (AvgIpc) is 2.40. The van der Waals surface area contributed by atoms with E-state index in [0.29, 0.717) is 0 Å². The molecule has 1 aliphatic heterocycles. The van der Waals surface area contributed by atoms with Crippen molar-refractivity contribution in [3.63, 3.8) is 0 Å². The minimum Gasteiger partial charge on any atom is -0.492 e. The van der Waals surface area contributed by atoms with Gasteiger partial charge in [0.05, 0.1) is 11.1 Å². The molecule has 0 unspecified atom stereocenters. The number of piperidine rings is 1. The SMILES string of the molecule is CC(C)(C)c1ccc(OCC[C@@H]2CCCNC2)c(Br)c1. The standard InChI is InChI=1S/C17H26BrNO/c1-17(2,3)14-6-7-16(15(18)11-14)20-10-8-13-5-4-9-19-12-13/h6-7,11,13,19H,4-5,8-10,12H2,1-3H3/t13-/m0/s1. The summed E-state index contributed by atoms with van der Waals surface area (Å²) in [5.41, 5.74) is 1.50. The van der Waals surface area contributed by atoms with Crippen LogP contribution >= 0.6 is 15.9 Å². The van der Waals surface area contributed by atoms with Crippen molar-refractivity contribution in [3.05, 3.63) is 28.2 Å². The van der Waals surface area contributed by atoms with Gasteiger partial charge in [-0.2, -0.15) is 0 Å². The molecule has 1 aromatic carbocycles. The molecule has 0 aliphatic carbocycles. The molecule has 1 aromatic rings. The van der Waals surface area contributed by atoms with Crippen molar-refractivity contribution in [2.75, 3.05) is 19.7 Å². The van der Waals surface area contributed by atoms with Crippen LogP contribution in [0.1, 0.15) is 45.6 Å². The van der Waals surface area contributed by atoms with E-state index in [4.69, 9.17) is 4.74 Å². The van der Waals surface area contributed by atoms with E-state index in [1.165, 1.54) is 24.9 Å². The highest BCUT2D eigenvalue weighted by atomic mass is 79.9. The minimum absolute atomic E-state index is 0.175. The third-order valence-corrected chi connectivity index (χ3v) is 4.60. The van der Waals surface area contributed by atoms with Crippen LogP contribution in [0.25, 0.3) is 0 Å². The lowest BCUT2D eigenvalue weighted by Gasteiger charge is -2.23. The molecule has 0 spiro atoms. The minimum atomic E-state index is 0.175. The molecule has 0 bridgehead atoms. The predicted octanol–water partition coefficient (Wildman–Crippen LogP) is 4.52. The first-order chi connectivity index (χ1) is 9.47. The molecule has 0 amide bonds. The van der Waals surface area contributed by atoms with Crippen LogP contribution in [0.2, 0.25) is 0 Å². The number of halogens is 1. The zero-order chi connectivity index (χ0) is 14.6. The molecule has 1 atom stereocenters. The van der Waals surface area contributed by atoms with Crippen LogP contribution in [0.15, 0.2) is 22.7 Å². The fourth-order valence-electron chi connectivity index (χ4n) is 2.59. The molecule has 1 heterocycles. The Kier molecular flexibility index (Phi) is 5.50. The number of rotatable bonds is 4. The molecule has 1 N–H and O–H groups in total. The predicted molar refractivity (Wildman–Crippen MR) is 88.5 cm³/mol. The van der Waals surface area contributed by atoms with Gasteiger partial charge in [0, 0.05) is 0 Å². The summed E-state index contributed by atoms with van der Waals surface area (Å²) in [7, 11) is 0. The summed E-state index contributed by atoms with van der Waals surface area (Å²) >= 11 is 3.63. The van der Waals surface area contributed by atoms with E-state index in [1.807, 2.05) is 0 Å². The summed E-state index contributed by atoms with van der Waals surface area (Å²) in [6.07, 6.45) is 3.77. The van der Waals surface area contributed by atoms with Gasteiger partial charge in [0.15, 0.2) is 0 Å². The van der Waals surface area contributed by atoms with Crippen molar-refractivity contribution in [3.8, 4) is 5.75 Å². The first kappa shape index (κ1) is 15.8. The second-order valence-corrected chi connectivity index (χ2v) is 7.60. The molecule has 1 aliphatic rings. The van der Waals surface area contributed by atoms with Crippen molar-refractivity contribution in [2.24, 2.45) is 5.92 Å². The zero-order valence-corrected chi connectivity index (χ0v) is 14.4. The zero-order valence-electron chi connectivity index (χ0n) is 12.8. The van der Waals surface area contributed by atoms with Gasteiger partial charge in [-0.1, -0.05) is 26.8 Å². The fraction of sp³-hybridized carbons (Fsp3) is 0.647. The third-order valence-electron chi connectivity index (χ3n) is 3.98. The molecule has 1 saturated heterocycles. The summed E-state index contributed by atoms with van der Waals surface area (Å²) in [4.78, 5) is 0. The Balaban J connectivity index is 1.86. The molecular formula is C17H26BrNO. The quantitative estimate of drug-likeness (QED) is 0.870. The topological polar surface area (TPSA) is 21.3 Å². The molecule has 2 nitrogen and oxygen atoms in total. The Bertz CT molecular complexity index is 433. The molecule has 3 heteroatoms. The third kappa shape index (κ3) is 4.49. The summed E-state index contributed by atoms with van der Waals surface area (Å²) in [5, 5.41) is 3.45. The molecular weight excluding hydrogens is 314 g/mol. The highest BCUT2D eigenvalue weighted by Crippen LogP contribution is 2.31. The lowest BCUT2D eigenvalue weighted by Crippen LogP contribution is -2.30. The molecule has 0 radical (unpaired) electrons. The Morgan fingerprint density at radius 2 is 2.15 bits per heavy atom. The van der Waals surface area contributed by atoms with Crippen molar-refractivity contribution in [1.82, 2.24) is 5.32 Å². The van der Waals surface area contributed by atoms with Gasteiger partial charge in [-0.15, -0.1) is 0 Å². The maximum atomic E-state index is 5.93. The van der Waals surface area contributed by atoms with Crippen LogP contribution in [0, 0.1) is 5.92 Å². The lowest BCUT2D eigenvalue weighted by molar-refractivity contribution is 0.253. The van der Waals surface area contributed by atoms with Gasteiger partial charge >= 0.3 is 0 Å². The Labute approximate surface area is 131 Å². The normalized spacial score (nSPS) is 19.9. The number of ether oxygens (including phenoxy) is 1. The van der Waals surface area contributed by atoms with E-state index in [0.717, 1.165) is 35.7 Å². The Morgan fingerprint density at radius 1 is 1.35 bits per heavy atom. The highest BCUT2D eigenvalue weighted by Gasteiger charge is 2.16. The van der Waals surface area contributed by atoms with Crippen LogP contribution in [0.4, 0.5) is 0 Å². The summed E-state index contributed by atoms with van der Waals surface area (Å²) in [5.74, 6) is 1.73.